The Labute approximate surface area is 116 Å². The number of hydrogen-bond acceptors (Lipinski definition) is 3. The average Bonchev–Trinajstić information content (AvgIpc) is 2.43. The van der Waals surface area contributed by atoms with E-state index in [-0.39, 0.29) is 23.6 Å². The lowest BCUT2D eigenvalue weighted by atomic mass is 9.73. The Morgan fingerprint density at radius 1 is 1.37 bits per heavy atom. The van der Waals surface area contributed by atoms with Crippen molar-refractivity contribution >= 4 is 5.97 Å². The van der Waals surface area contributed by atoms with Gasteiger partial charge in [0.1, 0.15) is 0 Å². The van der Waals surface area contributed by atoms with Gasteiger partial charge in [-0.2, -0.15) is 0 Å². The molecule has 0 aromatic carbocycles. The third kappa shape index (κ3) is 2.86. The van der Waals surface area contributed by atoms with Crippen molar-refractivity contribution in [3.05, 3.63) is 12.2 Å². The molecule has 1 aliphatic carbocycles. The van der Waals surface area contributed by atoms with Crippen molar-refractivity contribution in [2.24, 2.45) is 17.8 Å². The molecule has 1 saturated heterocycles. The van der Waals surface area contributed by atoms with Gasteiger partial charge in [-0.3, -0.25) is 4.79 Å². The van der Waals surface area contributed by atoms with Crippen molar-refractivity contribution in [1.82, 2.24) is 0 Å². The van der Waals surface area contributed by atoms with E-state index >= 15 is 0 Å². The first-order valence-corrected chi connectivity index (χ1v) is 7.43. The predicted molar refractivity (Wildman–Crippen MR) is 74.7 cm³/mol. The summed E-state index contributed by atoms with van der Waals surface area (Å²) in [6.45, 7) is 6.42. The SMILES string of the molecule is COC(=O)C(C)C1CC[C@@H](C)C2(C=CC(C)CC2)O1. The van der Waals surface area contributed by atoms with Gasteiger partial charge in [-0.05, 0) is 44.4 Å². The lowest BCUT2D eigenvalue weighted by Gasteiger charge is -2.47. The molecule has 0 aromatic rings. The van der Waals surface area contributed by atoms with Gasteiger partial charge in [0.25, 0.3) is 0 Å². The van der Waals surface area contributed by atoms with Gasteiger partial charge in [0.05, 0.1) is 24.7 Å². The van der Waals surface area contributed by atoms with Gasteiger partial charge in [-0.25, -0.2) is 0 Å². The molecular formula is C16H26O3. The van der Waals surface area contributed by atoms with E-state index in [0.29, 0.717) is 11.8 Å². The zero-order chi connectivity index (χ0) is 14.0. The van der Waals surface area contributed by atoms with E-state index < -0.39 is 0 Å². The van der Waals surface area contributed by atoms with E-state index in [1.54, 1.807) is 0 Å². The quantitative estimate of drug-likeness (QED) is 0.568. The molecule has 0 radical (unpaired) electrons. The van der Waals surface area contributed by atoms with E-state index in [1.165, 1.54) is 13.5 Å². The molecule has 2 rings (SSSR count). The summed E-state index contributed by atoms with van der Waals surface area (Å²) in [5.41, 5.74) is -0.155. The first-order chi connectivity index (χ1) is 8.98. The fraction of sp³-hybridized carbons (Fsp3) is 0.812. The largest absolute Gasteiger partial charge is 0.469 e. The van der Waals surface area contributed by atoms with Gasteiger partial charge < -0.3 is 9.47 Å². The molecule has 0 saturated carbocycles. The Morgan fingerprint density at radius 2 is 2.11 bits per heavy atom. The van der Waals surface area contributed by atoms with E-state index in [0.717, 1.165) is 19.3 Å². The number of carbonyl (C=O) groups excluding carboxylic acids is 1. The Bertz CT molecular complexity index is 363. The third-order valence-corrected chi connectivity index (χ3v) is 4.92. The number of carbonyl (C=O) groups is 1. The van der Waals surface area contributed by atoms with Crippen LogP contribution in [-0.2, 0) is 14.3 Å². The van der Waals surface area contributed by atoms with Crippen LogP contribution in [0.5, 0.6) is 0 Å². The number of allylic oxidation sites excluding steroid dienone is 1. The minimum Gasteiger partial charge on any atom is -0.469 e. The summed E-state index contributed by atoms with van der Waals surface area (Å²) >= 11 is 0. The fourth-order valence-corrected chi connectivity index (χ4v) is 3.27. The molecule has 3 heteroatoms. The molecule has 3 nitrogen and oxygen atoms in total. The van der Waals surface area contributed by atoms with Crippen molar-refractivity contribution < 1.29 is 14.3 Å². The number of rotatable bonds is 2. The molecule has 1 spiro atoms. The van der Waals surface area contributed by atoms with Crippen molar-refractivity contribution in [1.29, 1.82) is 0 Å². The minimum absolute atomic E-state index is 0.0123. The Balaban J connectivity index is 2.12. The molecule has 1 fully saturated rings. The Kier molecular flexibility index (Phi) is 4.34. The molecule has 108 valence electrons. The predicted octanol–water partition coefficient (Wildman–Crippen LogP) is 3.34. The van der Waals surface area contributed by atoms with Gasteiger partial charge in [-0.1, -0.05) is 26.0 Å². The van der Waals surface area contributed by atoms with Crippen molar-refractivity contribution in [2.75, 3.05) is 7.11 Å². The molecule has 1 heterocycles. The topological polar surface area (TPSA) is 35.5 Å². The standard InChI is InChI=1S/C16H26O3/c1-11-7-9-16(10-8-11)12(2)5-6-14(19-16)13(3)15(17)18-4/h7,9,11-14H,5-6,8,10H2,1-4H3/t11?,12-,13?,14?,16?/m1/s1. The second-order valence-electron chi connectivity index (χ2n) is 6.28. The van der Waals surface area contributed by atoms with Crippen LogP contribution in [-0.4, -0.2) is 24.8 Å². The van der Waals surface area contributed by atoms with Crippen molar-refractivity contribution in [2.45, 2.75) is 58.2 Å². The molecular weight excluding hydrogens is 240 g/mol. The second-order valence-corrected chi connectivity index (χ2v) is 6.28. The van der Waals surface area contributed by atoms with E-state index in [2.05, 4.69) is 26.0 Å². The van der Waals surface area contributed by atoms with Crippen LogP contribution < -0.4 is 0 Å². The summed E-state index contributed by atoms with van der Waals surface area (Å²) < 4.78 is 11.2. The number of methoxy groups -OCH3 is 1. The molecule has 5 atom stereocenters. The van der Waals surface area contributed by atoms with Gasteiger partial charge in [0, 0.05) is 0 Å². The van der Waals surface area contributed by atoms with Crippen molar-refractivity contribution in [3.63, 3.8) is 0 Å². The highest BCUT2D eigenvalue weighted by Crippen LogP contribution is 2.43. The molecule has 0 amide bonds. The number of ether oxygens (including phenoxy) is 2. The average molecular weight is 266 g/mol. The molecule has 0 N–H and O–H groups in total. The molecule has 4 unspecified atom stereocenters. The molecule has 0 aromatic heterocycles. The molecule has 19 heavy (non-hydrogen) atoms. The van der Waals surface area contributed by atoms with Gasteiger partial charge in [0.2, 0.25) is 0 Å². The first-order valence-electron chi connectivity index (χ1n) is 7.43. The second kappa shape index (κ2) is 5.66. The van der Waals surface area contributed by atoms with Crippen LogP contribution >= 0.6 is 0 Å². The van der Waals surface area contributed by atoms with Gasteiger partial charge >= 0.3 is 5.97 Å². The highest BCUT2D eigenvalue weighted by atomic mass is 16.5. The summed E-state index contributed by atoms with van der Waals surface area (Å²) in [6.07, 6.45) is 8.80. The molecule has 0 bridgehead atoms. The van der Waals surface area contributed by atoms with E-state index in [4.69, 9.17) is 9.47 Å². The maximum atomic E-state index is 11.7. The number of esters is 1. The normalized spacial score (nSPS) is 40.1. The van der Waals surface area contributed by atoms with Crippen LogP contribution in [0.2, 0.25) is 0 Å². The zero-order valence-electron chi connectivity index (χ0n) is 12.5. The Morgan fingerprint density at radius 3 is 2.68 bits per heavy atom. The van der Waals surface area contributed by atoms with E-state index in [1.807, 2.05) is 6.92 Å². The van der Waals surface area contributed by atoms with Crippen LogP contribution in [0.25, 0.3) is 0 Å². The van der Waals surface area contributed by atoms with Crippen LogP contribution in [0.4, 0.5) is 0 Å². The summed E-state index contributed by atoms with van der Waals surface area (Å²) in [5.74, 6) is 0.821. The smallest absolute Gasteiger partial charge is 0.311 e. The van der Waals surface area contributed by atoms with Crippen molar-refractivity contribution in [3.8, 4) is 0 Å². The summed E-state index contributed by atoms with van der Waals surface area (Å²) in [6, 6.07) is 0. The number of hydrogen-bond donors (Lipinski definition) is 0. The summed E-state index contributed by atoms with van der Waals surface area (Å²) in [4.78, 5) is 11.7. The van der Waals surface area contributed by atoms with E-state index in [9.17, 15) is 4.79 Å². The van der Waals surface area contributed by atoms with Crippen LogP contribution in [0.3, 0.4) is 0 Å². The Hall–Kier alpha value is -0.830. The highest BCUT2D eigenvalue weighted by molar-refractivity contribution is 5.72. The van der Waals surface area contributed by atoms with Crippen LogP contribution in [0.15, 0.2) is 12.2 Å². The third-order valence-electron chi connectivity index (χ3n) is 4.92. The highest BCUT2D eigenvalue weighted by Gasteiger charge is 2.44. The lowest BCUT2D eigenvalue weighted by Crippen LogP contribution is -2.49. The lowest BCUT2D eigenvalue weighted by molar-refractivity contribution is -0.174. The van der Waals surface area contributed by atoms with Gasteiger partial charge in [-0.15, -0.1) is 0 Å². The fourth-order valence-electron chi connectivity index (χ4n) is 3.27. The zero-order valence-corrected chi connectivity index (χ0v) is 12.5. The summed E-state index contributed by atoms with van der Waals surface area (Å²) in [7, 11) is 1.45. The maximum absolute atomic E-state index is 11.7. The maximum Gasteiger partial charge on any atom is 0.311 e. The minimum atomic E-state index is -0.179. The monoisotopic (exact) mass is 266 g/mol. The first kappa shape index (κ1) is 14.6. The molecule has 1 aliphatic heterocycles. The van der Waals surface area contributed by atoms with Gasteiger partial charge in [0.15, 0.2) is 0 Å². The summed E-state index contributed by atoms with van der Waals surface area (Å²) in [5, 5.41) is 0. The van der Waals surface area contributed by atoms with Crippen LogP contribution in [0, 0.1) is 17.8 Å². The molecule has 2 aliphatic rings. The van der Waals surface area contributed by atoms with Crippen LogP contribution in [0.1, 0.15) is 46.5 Å².